The molecular formula is C22H27N3O. The van der Waals surface area contributed by atoms with E-state index in [-0.39, 0.29) is 11.8 Å². The molecule has 3 aromatic rings. The van der Waals surface area contributed by atoms with Gasteiger partial charge in [0.2, 0.25) is 5.91 Å². The maximum Gasteiger partial charge on any atom is 0.246 e. The molecule has 0 spiro atoms. The van der Waals surface area contributed by atoms with Crippen molar-refractivity contribution < 1.29 is 4.79 Å². The number of rotatable bonds is 7. The zero-order valence-corrected chi connectivity index (χ0v) is 15.8. The fraction of sp³-hybridized carbons (Fsp3) is 0.318. The molecule has 0 fully saturated rings. The van der Waals surface area contributed by atoms with Gasteiger partial charge in [-0.05, 0) is 37.7 Å². The van der Waals surface area contributed by atoms with Crippen molar-refractivity contribution in [3.8, 4) is 0 Å². The summed E-state index contributed by atoms with van der Waals surface area (Å²) >= 11 is 0. The number of benzene rings is 2. The smallest absolute Gasteiger partial charge is 0.246 e. The van der Waals surface area contributed by atoms with Crippen LogP contribution in [-0.2, 0) is 11.3 Å². The Morgan fingerprint density at radius 2 is 1.77 bits per heavy atom. The lowest BCUT2D eigenvalue weighted by Crippen LogP contribution is -2.28. The van der Waals surface area contributed by atoms with E-state index in [0.29, 0.717) is 0 Å². The first-order chi connectivity index (χ1) is 12.6. The Kier molecular flexibility index (Phi) is 5.74. The lowest BCUT2D eigenvalue weighted by Gasteiger charge is -2.17. The number of nitrogens with one attached hydrogen (secondary N) is 1. The lowest BCUT2D eigenvalue weighted by atomic mass is 9.94. The first-order valence-electron chi connectivity index (χ1n) is 9.19. The standard InChI is InChI=1S/C22H27N3O/c1-4-10-20(17-11-6-5-7-12-17)22(26)23-25-16-18(15-24(2)3)19-13-8-9-14-21(19)25/h5-9,11-14,16,20H,4,10,15H2,1-3H3,(H,23,26). The van der Waals surface area contributed by atoms with Crippen molar-refractivity contribution in [2.75, 3.05) is 19.5 Å². The highest BCUT2D eigenvalue weighted by molar-refractivity contribution is 5.93. The van der Waals surface area contributed by atoms with Gasteiger partial charge in [0.15, 0.2) is 0 Å². The van der Waals surface area contributed by atoms with Crippen molar-refractivity contribution in [3.05, 3.63) is 71.9 Å². The molecule has 1 N–H and O–H groups in total. The molecule has 0 saturated carbocycles. The average molecular weight is 349 g/mol. The van der Waals surface area contributed by atoms with E-state index in [1.54, 1.807) is 0 Å². The van der Waals surface area contributed by atoms with Crippen LogP contribution in [0.2, 0.25) is 0 Å². The van der Waals surface area contributed by atoms with E-state index in [9.17, 15) is 4.79 Å². The molecule has 1 atom stereocenters. The summed E-state index contributed by atoms with van der Waals surface area (Å²) in [7, 11) is 4.11. The van der Waals surface area contributed by atoms with Gasteiger partial charge in [-0.25, -0.2) is 0 Å². The molecule has 4 heteroatoms. The Labute approximate surface area is 155 Å². The fourth-order valence-electron chi connectivity index (χ4n) is 3.43. The van der Waals surface area contributed by atoms with Gasteiger partial charge in [0.05, 0.1) is 11.4 Å². The van der Waals surface area contributed by atoms with Gasteiger partial charge in [-0.3, -0.25) is 14.9 Å². The maximum absolute atomic E-state index is 13.0. The lowest BCUT2D eigenvalue weighted by molar-refractivity contribution is -0.118. The SMILES string of the molecule is CCCC(C(=O)Nn1cc(CN(C)C)c2ccccc21)c1ccccc1. The number of carbonyl (C=O) groups excluding carboxylic acids is 1. The quantitative estimate of drug-likeness (QED) is 0.688. The van der Waals surface area contributed by atoms with E-state index >= 15 is 0 Å². The third-order valence-electron chi connectivity index (χ3n) is 4.61. The number of hydrogen-bond acceptors (Lipinski definition) is 2. The molecule has 2 aromatic carbocycles. The van der Waals surface area contributed by atoms with Crippen molar-refractivity contribution in [2.45, 2.75) is 32.2 Å². The number of hydrogen-bond donors (Lipinski definition) is 1. The molecule has 26 heavy (non-hydrogen) atoms. The third kappa shape index (κ3) is 3.97. The van der Waals surface area contributed by atoms with Gasteiger partial charge in [-0.2, -0.15) is 0 Å². The second-order valence-corrected chi connectivity index (χ2v) is 7.01. The number of nitrogens with zero attached hydrogens (tertiary/aromatic N) is 2. The van der Waals surface area contributed by atoms with Crippen molar-refractivity contribution in [1.82, 2.24) is 9.58 Å². The summed E-state index contributed by atoms with van der Waals surface area (Å²) in [6.07, 6.45) is 3.83. The summed E-state index contributed by atoms with van der Waals surface area (Å²) in [6, 6.07) is 18.2. The third-order valence-corrected chi connectivity index (χ3v) is 4.61. The topological polar surface area (TPSA) is 37.3 Å². The molecule has 0 bridgehead atoms. The number of aromatic nitrogens is 1. The monoisotopic (exact) mass is 349 g/mol. The van der Waals surface area contributed by atoms with Crippen LogP contribution in [0.25, 0.3) is 10.9 Å². The minimum Gasteiger partial charge on any atom is -0.305 e. The molecule has 0 saturated heterocycles. The number of fused-ring (bicyclic) bond motifs is 1. The van der Waals surface area contributed by atoms with E-state index in [1.165, 1.54) is 10.9 Å². The molecule has 0 aliphatic carbocycles. The maximum atomic E-state index is 13.0. The van der Waals surface area contributed by atoms with Gasteiger partial charge in [0.1, 0.15) is 0 Å². The Hall–Kier alpha value is -2.59. The normalized spacial score (nSPS) is 12.5. The van der Waals surface area contributed by atoms with Gasteiger partial charge >= 0.3 is 0 Å². The highest BCUT2D eigenvalue weighted by atomic mass is 16.2. The van der Waals surface area contributed by atoms with E-state index in [0.717, 1.165) is 30.5 Å². The van der Waals surface area contributed by atoms with Gasteiger partial charge < -0.3 is 4.90 Å². The summed E-state index contributed by atoms with van der Waals surface area (Å²) in [5, 5.41) is 1.17. The average Bonchev–Trinajstić information content (AvgIpc) is 2.97. The minimum atomic E-state index is -0.139. The predicted octanol–water partition coefficient (Wildman–Crippen LogP) is 4.36. The second kappa shape index (κ2) is 8.19. The van der Waals surface area contributed by atoms with Gasteiger partial charge in [-0.1, -0.05) is 61.9 Å². The van der Waals surface area contributed by atoms with Crippen LogP contribution in [-0.4, -0.2) is 29.6 Å². The molecule has 1 amide bonds. The first-order valence-corrected chi connectivity index (χ1v) is 9.19. The Morgan fingerprint density at radius 3 is 2.46 bits per heavy atom. The van der Waals surface area contributed by atoms with Crippen LogP contribution in [0, 0.1) is 0 Å². The van der Waals surface area contributed by atoms with Crippen molar-refractivity contribution >= 4 is 16.8 Å². The molecule has 0 aliphatic rings. The van der Waals surface area contributed by atoms with Crippen LogP contribution in [0.15, 0.2) is 60.8 Å². The summed E-state index contributed by atoms with van der Waals surface area (Å²) < 4.78 is 1.88. The van der Waals surface area contributed by atoms with Crippen LogP contribution >= 0.6 is 0 Å². The van der Waals surface area contributed by atoms with Crippen LogP contribution in [0.4, 0.5) is 0 Å². The largest absolute Gasteiger partial charge is 0.305 e. The Morgan fingerprint density at radius 1 is 1.08 bits per heavy atom. The molecule has 1 heterocycles. The summed E-state index contributed by atoms with van der Waals surface area (Å²) in [4.78, 5) is 15.2. The first kappa shape index (κ1) is 18.2. The van der Waals surface area contributed by atoms with Crippen molar-refractivity contribution in [1.29, 1.82) is 0 Å². The van der Waals surface area contributed by atoms with Crippen LogP contribution in [0.3, 0.4) is 0 Å². The summed E-state index contributed by atoms with van der Waals surface area (Å²) in [5.74, 6) is -0.102. The van der Waals surface area contributed by atoms with E-state index in [1.807, 2.05) is 59.4 Å². The van der Waals surface area contributed by atoms with E-state index in [2.05, 4.69) is 37.4 Å². The molecule has 1 aromatic heterocycles. The highest BCUT2D eigenvalue weighted by Crippen LogP contribution is 2.24. The number of carbonyl (C=O) groups is 1. The molecule has 136 valence electrons. The molecule has 0 radical (unpaired) electrons. The molecule has 0 aliphatic heterocycles. The summed E-state index contributed by atoms with van der Waals surface area (Å²) in [6.45, 7) is 2.95. The second-order valence-electron chi connectivity index (χ2n) is 7.01. The van der Waals surface area contributed by atoms with E-state index in [4.69, 9.17) is 0 Å². The molecule has 4 nitrogen and oxygen atoms in total. The summed E-state index contributed by atoms with van der Waals surface area (Å²) in [5.41, 5.74) is 6.42. The van der Waals surface area contributed by atoms with Crippen LogP contribution in [0.1, 0.15) is 36.8 Å². The van der Waals surface area contributed by atoms with Crippen molar-refractivity contribution in [2.24, 2.45) is 0 Å². The Bertz CT molecular complexity index is 867. The van der Waals surface area contributed by atoms with Crippen LogP contribution < -0.4 is 5.43 Å². The highest BCUT2D eigenvalue weighted by Gasteiger charge is 2.21. The molecular weight excluding hydrogens is 322 g/mol. The Balaban J connectivity index is 1.91. The zero-order chi connectivity index (χ0) is 18.5. The number of amides is 1. The number of para-hydroxylation sites is 1. The van der Waals surface area contributed by atoms with E-state index < -0.39 is 0 Å². The molecule has 1 unspecified atom stereocenters. The fourth-order valence-corrected chi connectivity index (χ4v) is 3.43. The zero-order valence-electron chi connectivity index (χ0n) is 15.8. The predicted molar refractivity (Wildman–Crippen MR) is 108 cm³/mol. The van der Waals surface area contributed by atoms with Crippen LogP contribution in [0.5, 0.6) is 0 Å². The van der Waals surface area contributed by atoms with Crippen molar-refractivity contribution in [3.63, 3.8) is 0 Å². The van der Waals surface area contributed by atoms with Gasteiger partial charge in [-0.15, -0.1) is 0 Å². The molecule has 3 rings (SSSR count). The minimum absolute atomic E-state index is 0.0372. The van der Waals surface area contributed by atoms with Gasteiger partial charge in [0.25, 0.3) is 0 Å². The van der Waals surface area contributed by atoms with Gasteiger partial charge in [0, 0.05) is 18.1 Å².